The van der Waals surface area contributed by atoms with E-state index in [0.29, 0.717) is 12.0 Å². The molecule has 18 heavy (non-hydrogen) atoms. The van der Waals surface area contributed by atoms with Gasteiger partial charge in [0.1, 0.15) is 0 Å². The summed E-state index contributed by atoms with van der Waals surface area (Å²) >= 11 is 0. The second kappa shape index (κ2) is 7.46. The first-order chi connectivity index (χ1) is 8.52. The van der Waals surface area contributed by atoms with E-state index in [1.54, 1.807) is 0 Å². The molecule has 0 bridgehead atoms. The van der Waals surface area contributed by atoms with E-state index in [2.05, 4.69) is 44.8 Å². The van der Waals surface area contributed by atoms with Gasteiger partial charge in [-0.1, -0.05) is 20.8 Å². The Kier molecular flexibility index (Phi) is 6.61. The molecule has 3 heteroatoms. The minimum Gasteiger partial charge on any atom is -0.382 e. The smallest absolute Gasteiger partial charge is 0.0478 e. The first-order valence-electron chi connectivity index (χ1n) is 7.59. The Labute approximate surface area is 113 Å². The van der Waals surface area contributed by atoms with Crippen molar-refractivity contribution in [3.63, 3.8) is 0 Å². The van der Waals surface area contributed by atoms with Crippen LogP contribution in [0.1, 0.15) is 47.5 Å². The van der Waals surface area contributed by atoms with Gasteiger partial charge in [-0.3, -0.25) is 4.90 Å². The standard InChI is InChI=1S/C15H32N2O/c1-6-15(5)12-17(9-8-10-18-7-2)14(11-16-15)13(3)4/h13-14,16H,6-12H2,1-5H3. The topological polar surface area (TPSA) is 24.5 Å². The van der Waals surface area contributed by atoms with Crippen molar-refractivity contribution in [2.75, 3.05) is 32.8 Å². The molecule has 108 valence electrons. The number of ether oxygens (including phenoxy) is 1. The summed E-state index contributed by atoms with van der Waals surface area (Å²) in [6, 6.07) is 0.672. The van der Waals surface area contributed by atoms with Gasteiger partial charge < -0.3 is 10.1 Å². The van der Waals surface area contributed by atoms with E-state index in [4.69, 9.17) is 4.74 Å². The predicted molar refractivity (Wildman–Crippen MR) is 78.0 cm³/mol. The second-order valence-electron chi connectivity index (χ2n) is 6.13. The van der Waals surface area contributed by atoms with Crippen molar-refractivity contribution in [2.24, 2.45) is 5.92 Å². The van der Waals surface area contributed by atoms with Gasteiger partial charge in [0.05, 0.1) is 0 Å². The summed E-state index contributed by atoms with van der Waals surface area (Å²) in [5, 5.41) is 3.74. The van der Waals surface area contributed by atoms with E-state index in [-0.39, 0.29) is 5.54 Å². The van der Waals surface area contributed by atoms with Crippen LogP contribution in [0, 0.1) is 5.92 Å². The largest absolute Gasteiger partial charge is 0.382 e. The van der Waals surface area contributed by atoms with Gasteiger partial charge in [0.25, 0.3) is 0 Å². The van der Waals surface area contributed by atoms with Crippen molar-refractivity contribution >= 4 is 0 Å². The van der Waals surface area contributed by atoms with Crippen LogP contribution < -0.4 is 5.32 Å². The zero-order valence-electron chi connectivity index (χ0n) is 13.0. The third-order valence-corrected chi connectivity index (χ3v) is 4.25. The van der Waals surface area contributed by atoms with E-state index in [0.717, 1.165) is 26.2 Å². The maximum Gasteiger partial charge on any atom is 0.0478 e. The molecule has 1 N–H and O–H groups in total. The number of nitrogens with zero attached hydrogens (tertiary/aromatic N) is 1. The van der Waals surface area contributed by atoms with Gasteiger partial charge in [0, 0.05) is 44.4 Å². The highest BCUT2D eigenvalue weighted by Crippen LogP contribution is 2.22. The van der Waals surface area contributed by atoms with E-state index in [1.165, 1.54) is 19.5 Å². The molecular weight excluding hydrogens is 224 g/mol. The molecule has 0 aliphatic carbocycles. The van der Waals surface area contributed by atoms with Crippen LogP contribution in [0.5, 0.6) is 0 Å². The summed E-state index contributed by atoms with van der Waals surface area (Å²) in [5.41, 5.74) is 0.289. The van der Waals surface area contributed by atoms with Crippen LogP contribution >= 0.6 is 0 Å². The summed E-state index contributed by atoms with van der Waals surface area (Å²) in [7, 11) is 0. The summed E-state index contributed by atoms with van der Waals surface area (Å²) in [5.74, 6) is 0.714. The first-order valence-corrected chi connectivity index (χ1v) is 7.59. The molecule has 1 fully saturated rings. The monoisotopic (exact) mass is 256 g/mol. The Morgan fingerprint density at radius 2 is 2.11 bits per heavy atom. The molecule has 3 nitrogen and oxygen atoms in total. The molecule has 0 saturated carbocycles. The summed E-state index contributed by atoms with van der Waals surface area (Å²) in [6.45, 7) is 16.5. The molecule has 1 aliphatic heterocycles. The summed E-state index contributed by atoms with van der Waals surface area (Å²) < 4.78 is 5.46. The average Bonchev–Trinajstić information content (AvgIpc) is 2.34. The van der Waals surface area contributed by atoms with Crippen LogP contribution in [0.4, 0.5) is 0 Å². The van der Waals surface area contributed by atoms with Crippen LogP contribution in [-0.4, -0.2) is 49.3 Å². The van der Waals surface area contributed by atoms with Gasteiger partial charge in [-0.15, -0.1) is 0 Å². The van der Waals surface area contributed by atoms with Crippen molar-refractivity contribution in [2.45, 2.75) is 59.0 Å². The molecule has 0 aromatic rings. The van der Waals surface area contributed by atoms with Crippen molar-refractivity contribution in [1.82, 2.24) is 10.2 Å². The van der Waals surface area contributed by atoms with Crippen LogP contribution in [0.2, 0.25) is 0 Å². The van der Waals surface area contributed by atoms with Gasteiger partial charge in [0.15, 0.2) is 0 Å². The normalized spacial score (nSPS) is 30.0. The Hall–Kier alpha value is -0.120. The molecule has 0 radical (unpaired) electrons. The average molecular weight is 256 g/mol. The van der Waals surface area contributed by atoms with Gasteiger partial charge in [-0.2, -0.15) is 0 Å². The predicted octanol–water partition coefficient (Wildman–Crippen LogP) is 2.51. The van der Waals surface area contributed by atoms with E-state index in [9.17, 15) is 0 Å². The van der Waals surface area contributed by atoms with Crippen LogP contribution in [-0.2, 0) is 4.74 Å². The summed E-state index contributed by atoms with van der Waals surface area (Å²) in [6.07, 6.45) is 2.34. The summed E-state index contributed by atoms with van der Waals surface area (Å²) in [4.78, 5) is 2.67. The molecule has 2 unspecified atom stereocenters. The second-order valence-corrected chi connectivity index (χ2v) is 6.13. The number of nitrogens with one attached hydrogen (secondary N) is 1. The lowest BCUT2D eigenvalue weighted by atomic mass is 9.90. The van der Waals surface area contributed by atoms with Crippen LogP contribution in [0.3, 0.4) is 0 Å². The van der Waals surface area contributed by atoms with E-state index in [1.807, 2.05) is 0 Å². The fourth-order valence-electron chi connectivity index (χ4n) is 2.75. The highest BCUT2D eigenvalue weighted by Gasteiger charge is 2.35. The van der Waals surface area contributed by atoms with E-state index >= 15 is 0 Å². The molecule has 1 saturated heterocycles. The molecule has 1 rings (SSSR count). The Morgan fingerprint density at radius 1 is 1.39 bits per heavy atom. The SMILES string of the molecule is CCOCCCN1CC(C)(CC)NCC1C(C)C. The fraction of sp³-hybridized carbons (Fsp3) is 1.00. The van der Waals surface area contributed by atoms with Gasteiger partial charge in [0.2, 0.25) is 0 Å². The van der Waals surface area contributed by atoms with Gasteiger partial charge in [-0.25, -0.2) is 0 Å². The van der Waals surface area contributed by atoms with Crippen LogP contribution in [0.15, 0.2) is 0 Å². The lowest BCUT2D eigenvalue weighted by molar-refractivity contribution is 0.0488. The van der Waals surface area contributed by atoms with Crippen molar-refractivity contribution in [3.8, 4) is 0 Å². The third kappa shape index (κ3) is 4.52. The number of piperazine rings is 1. The van der Waals surface area contributed by atoms with Gasteiger partial charge >= 0.3 is 0 Å². The fourth-order valence-corrected chi connectivity index (χ4v) is 2.75. The Balaban J connectivity index is 2.50. The Bertz CT molecular complexity index is 233. The zero-order valence-corrected chi connectivity index (χ0v) is 13.0. The van der Waals surface area contributed by atoms with Crippen molar-refractivity contribution in [3.05, 3.63) is 0 Å². The minimum absolute atomic E-state index is 0.289. The molecule has 0 spiro atoms. The molecular formula is C15H32N2O. The molecule has 1 heterocycles. The molecule has 0 amide bonds. The molecule has 1 aliphatic rings. The van der Waals surface area contributed by atoms with Gasteiger partial charge in [-0.05, 0) is 32.6 Å². The lowest BCUT2D eigenvalue weighted by Gasteiger charge is -2.47. The van der Waals surface area contributed by atoms with Crippen molar-refractivity contribution in [1.29, 1.82) is 0 Å². The molecule has 0 aromatic heterocycles. The lowest BCUT2D eigenvalue weighted by Crippen LogP contribution is -2.64. The highest BCUT2D eigenvalue weighted by atomic mass is 16.5. The van der Waals surface area contributed by atoms with Crippen LogP contribution in [0.25, 0.3) is 0 Å². The Morgan fingerprint density at radius 3 is 2.67 bits per heavy atom. The van der Waals surface area contributed by atoms with Crippen molar-refractivity contribution < 1.29 is 4.74 Å². The first kappa shape index (κ1) is 15.9. The minimum atomic E-state index is 0.289. The number of rotatable bonds is 7. The number of hydrogen-bond donors (Lipinski definition) is 1. The maximum atomic E-state index is 5.46. The molecule has 2 atom stereocenters. The highest BCUT2D eigenvalue weighted by molar-refractivity contribution is 4.95. The third-order valence-electron chi connectivity index (χ3n) is 4.25. The maximum absolute atomic E-state index is 5.46. The number of hydrogen-bond acceptors (Lipinski definition) is 3. The van der Waals surface area contributed by atoms with E-state index < -0.39 is 0 Å². The zero-order chi connectivity index (χ0) is 13.6. The quantitative estimate of drug-likeness (QED) is 0.708. The molecule has 0 aromatic carbocycles.